The maximum absolute atomic E-state index is 13.3. The summed E-state index contributed by atoms with van der Waals surface area (Å²) in [5.41, 5.74) is 9.84. The third kappa shape index (κ3) is 6.17. The Labute approximate surface area is 204 Å². The number of nitrogens with zero attached hydrogens (tertiary/aromatic N) is 1. The van der Waals surface area contributed by atoms with Gasteiger partial charge in [0.25, 0.3) is 0 Å². The second kappa shape index (κ2) is 10.7. The Kier molecular flexibility index (Phi) is 7.30. The van der Waals surface area contributed by atoms with Crippen LogP contribution < -0.4 is 21.7 Å². The van der Waals surface area contributed by atoms with Crippen LogP contribution in [0.4, 0.5) is 16.2 Å². The molecular formula is C27H29N5O3. The van der Waals surface area contributed by atoms with E-state index in [0.29, 0.717) is 23.5 Å². The summed E-state index contributed by atoms with van der Waals surface area (Å²) in [5.74, 6) is -0.755. The number of rotatable bonds is 3. The van der Waals surface area contributed by atoms with E-state index < -0.39 is 11.9 Å². The number of fused-ring (bicyclic) bond motifs is 10. The summed E-state index contributed by atoms with van der Waals surface area (Å²) in [6.45, 7) is 0.906. The maximum Gasteiger partial charge on any atom is 0.321 e. The monoisotopic (exact) mass is 471 g/mol. The van der Waals surface area contributed by atoms with Gasteiger partial charge in [0.1, 0.15) is 6.04 Å². The number of amides is 4. The molecule has 5 N–H and O–H groups in total. The lowest BCUT2D eigenvalue weighted by Crippen LogP contribution is -2.33. The molecule has 0 radical (unpaired) electrons. The molecule has 180 valence electrons. The number of urea groups is 1. The Morgan fingerprint density at radius 2 is 1.77 bits per heavy atom. The van der Waals surface area contributed by atoms with Crippen LogP contribution in [-0.2, 0) is 17.8 Å². The van der Waals surface area contributed by atoms with E-state index >= 15 is 0 Å². The molecular weight excluding hydrogens is 442 g/mol. The van der Waals surface area contributed by atoms with Gasteiger partial charge in [-0.05, 0) is 59.9 Å². The Morgan fingerprint density at radius 1 is 1.00 bits per heavy atom. The van der Waals surface area contributed by atoms with Gasteiger partial charge in [-0.15, -0.1) is 0 Å². The minimum absolute atomic E-state index is 0.173. The van der Waals surface area contributed by atoms with Crippen LogP contribution in [0.15, 0.2) is 72.8 Å². The van der Waals surface area contributed by atoms with Crippen molar-refractivity contribution in [1.29, 1.82) is 0 Å². The van der Waals surface area contributed by atoms with Crippen LogP contribution in [0.1, 0.15) is 39.5 Å². The number of benzene rings is 3. The average Bonchev–Trinajstić information content (AvgIpc) is 2.86. The third-order valence-corrected chi connectivity index (χ3v) is 5.98. The zero-order valence-corrected chi connectivity index (χ0v) is 19.6. The van der Waals surface area contributed by atoms with E-state index in [9.17, 15) is 14.4 Å². The number of nitrogens with one attached hydrogen (secondary N) is 3. The van der Waals surface area contributed by atoms with Gasteiger partial charge in [0.2, 0.25) is 11.8 Å². The number of hydrogen-bond donors (Lipinski definition) is 4. The van der Waals surface area contributed by atoms with Crippen molar-refractivity contribution in [3.05, 3.63) is 95.1 Å². The van der Waals surface area contributed by atoms with Gasteiger partial charge in [-0.3, -0.25) is 9.59 Å². The highest BCUT2D eigenvalue weighted by molar-refractivity contribution is 5.94. The van der Waals surface area contributed by atoms with Gasteiger partial charge in [-0.1, -0.05) is 42.5 Å². The second-order valence-electron chi connectivity index (χ2n) is 8.64. The van der Waals surface area contributed by atoms with E-state index in [1.165, 1.54) is 0 Å². The fraction of sp³-hybridized carbons (Fsp3) is 0.222. The van der Waals surface area contributed by atoms with Crippen LogP contribution in [0.5, 0.6) is 0 Å². The molecule has 3 aromatic rings. The summed E-state index contributed by atoms with van der Waals surface area (Å²) in [7, 11) is 1.78. The van der Waals surface area contributed by atoms with Crippen LogP contribution in [0, 0.1) is 0 Å². The van der Waals surface area contributed by atoms with Crippen molar-refractivity contribution < 1.29 is 14.4 Å². The minimum Gasteiger partial charge on any atom is -0.370 e. The molecule has 0 aromatic heterocycles. The summed E-state index contributed by atoms with van der Waals surface area (Å²) in [6, 6.07) is 21.2. The maximum atomic E-state index is 13.3. The van der Waals surface area contributed by atoms with Crippen molar-refractivity contribution in [1.82, 2.24) is 10.2 Å². The standard InChI is InChI=1S/C27H29N5O3/c1-32-14-4-6-18-10-12-20(13-11-18)24(30-23-9-3-7-21(16-23)25(28)33)26(34)29-17-19-5-2-8-22(15-19)31-27(32)35/h2-3,5,7-13,15-16,24,30H,4,6,14,17H2,1H3,(H2,28,33)(H,29,34)(H,31,35). The normalized spacial score (nSPS) is 16.7. The summed E-state index contributed by atoms with van der Waals surface area (Å²) < 4.78 is 0. The highest BCUT2D eigenvalue weighted by Gasteiger charge is 2.21. The Bertz CT molecular complexity index is 1230. The van der Waals surface area contributed by atoms with Crippen molar-refractivity contribution in [3.8, 4) is 0 Å². The number of carbonyl (C=O) groups is 3. The Morgan fingerprint density at radius 3 is 2.54 bits per heavy atom. The zero-order chi connectivity index (χ0) is 24.8. The fourth-order valence-electron chi connectivity index (χ4n) is 4.00. The van der Waals surface area contributed by atoms with Gasteiger partial charge >= 0.3 is 6.03 Å². The molecule has 4 amide bonds. The lowest BCUT2D eigenvalue weighted by atomic mass is 10.0. The van der Waals surface area contributed by atoms with Crippen LogP contribution in [0.3, 0.4) is 0 Å². The number of primary amides is 1. The minimum atomic E-state index is -0.683. The van der Waals surface area contributed by atoms with Gasteiger partial charge < -0.3 is 26.6 Å². The molecule has 0 spiro atoms. The first-order chi connectivity index (χ1) is 16.9. The Hall–Kier alpha value is -4.33. The quantitative estimate of drug-likeness (QED) is 0.466. The molecule has 0 saturated carbocycles. The van der Waals surface area contributed by atoms with Gasteiger partial charge in [-0.2, -0.15) is 0 Å². The van der Waals surface area contributed by atoms with E-state index in [4.69, 9.17) is 5.73 Å². The molecule has 2 aliphatic rings. The van der Waals surface area contributed by atoms with Crippen LogP contribution in [-0.4, -0.2) is 36.3 Å². The van der Waals surface area contributed by atoms with Crippen molar-refractivity contribution >= 4 is 29.2 Å². The molecule has 35 heavy (non-hydrogen) atoms. The first-order valence-corrected chi connectivity index (χ1v) is 11.5. The van der Waals surface area contributed by atoms with Gasteiger partial charge in [0.05, 0.1) is 0 Å². The molecule has 1 atom stereocenters. The highest BCUT2D eigenvalue weighted by Crippen LogP contribution is 2.23. The molecule has 0 saturated heterocycles. The Balaban J connectivity index is 1.63. The zero-order valence-electron chi connectivity index (χ0n) is 19.6. The van der Waals surface area contributed by atoms with Gasteiger partial charge in [-0.25, -0.2) is 4.79 Å². The summed E-state index contributed by atoms with van der Waals surface area (Å²) in [5, 5.41) is 9.14. The number of hydrogen-bond acceptors (Lipinski definition) is 4. The first-order valence-electron chi connectivity index (χ1n) is 11.5. The average molecular weight is 472 g/mol. The number of carbonyl (C=O) groups excluding carboxylic acids is 3. The molecule has 3 aromatic carbocycles. The first kappa shape index (κ1) is 23.8. The molecule has 0 fully saturated rings. The smallest absolute Gasteiger partial charge is 0.321 e. The van der Waals surface area contributed by atoms with Crippen LogP contribution in [0.2, 0.25) is 0 Å². The van der Waals surface area contributed by atoms with E-state index in [0.717, 1.165) is 29.5 Å². The third-order valence-electron chi connectivity index (χ3n) is 5.98. The molecule has 1 unspecified atom stereocenters. The van der Waals surface area contributed by atoms with Crippen LogP contribution in [0.25, 0.3) is 0 Å². The topological polar surface area (TPSA) is 117 Å². The van der Waals surface area contributed by atoms with E-state index in [1.807, 2.05) is 48.5 Å². The van der Waals surface area contributed by atoms with Crippen LogP contribution >= 0.6 is 0 Å². The predicted octanol–water partition coefficient (Wildman–Crippen LogP) is 3.67. The number of nitrogens with two attached hydrogens (primary N) is 1. The molecule has 0 aliphatic carbocycles. The van der Waals surface area contributed by atoms with E-state index in [1.54, 1.807) is 36.2 Å². The lowest BCUT2D eigenvalue weighted by molar-refractivity contribution is -0.122. The SMILES string of the molecule is CN1CCCc2ccc(cc2)C(Nc2cccc(C(N)=O)c2)C(=O)NCc2cccc(c2)NC1=O. The molecule has 2 heterocycles. The molecule has 8 heteroatoms. The number of aryl methyl sites for hydroxylation is 1. The molecule has 4 bridgehead atoms. The lowest BCUT2D eigenvalue weighted by Gasteiger charge is -2.21. The number of anilines is 2. The largest absolute Gasteiger partial charge is 0.370 e. The van der Waals surface area contributed by atoms with Crippen molar-refractivity contribution in [2.24, 2.45) is 5.73 Å². The molecule has 8 nitrogen and oxygen atoms in total. The fourth-order valence-corrected chi connectivity index (χ4v) is 4.00. The second-order valence-corrected chi connectivity index (χ2v) is 8.64. The van der Waals surface area contributed by atoms with E-state index in [-0.39, 0.29) is 18.5 Å². The summed E-state index contributed by atoms with van der Waals surface area (Å²) >= 11 is 0. The molecule has 5 rings (SSSR count). The van der Waals surface area contributed by atoms with Gasteiger partial charge in [0.15, 0.2) is 0 Å². The van der Waals surface area contributed by atoms with Crippen molar-refractivity contribution in [3.63, 3.8) is 0 Å². The predicted molar refractivity (Wildman–Crippen MR) is 136 cm³/mol. The summed E-state index contributed by atoms with van der Waals surface area (Å²) in [4.78, 5) is 39.1. The van der Waals surface area contributed by atoms with Gasteiger partial charge in [0, 0.05) is 37.1 Å². The van der Waals surface area contributed by atoms with E-state index in [2.05, 4.69) is 16.0 Å². The van der Waals surface area contributed by atoms with Crippen molar-refractivity contribution in [2.45, 2.75) is 25.4 Å². The molecule has 2 aliphatic heterocycles. The van der Waals surface area contributed by atoms with Crippen molar-refractivity contribution in [2.75, 3.05) is 24.2 Å². The summed E-state index contributed by atoms with van der Waals surface area (Å²) in [6.07, 6.45) is 1.61. The highest BCUT2D eigenvalue weighted by atomic mass is 16.2.